The van der Waals surface area contributed by atoms with Crippen LogP contribution < -0.4 is 25.4 Å². The van der Waals surface area contributed by atoms with Gasteiger partial charge in [-0.2, -0.15) is 5.10 Å². The summed E-state index contributed by atoms with van der Waals surface area (Å²) in [5.74, 6) is 1.62. The number of carbonyl (C=O) groups excluding carboxylic acids is 2. The summed E-state index contributed by atoms with van der Waals surface area (Å²) in [5.41, 5.74) is 1.87. The van der Waals surface area contributed by atoms with Crippen LogP contribution in [0, 0.1) is 0 Å². The average molecular weight is 728 g/mol. The van der Waals surface area contributed by atoms with E-state index in [0.29, 0.717) is 47.7 Å². The molecule has 0 saturated carbocycles. The van der Waals surface area contributed by atoms with Gasteiger partial charge in [-0.1, -0.05) is 50.0 Å². The number of halogens is 2. The van der Waals surface area contributed by atoms with E-state index in [0.717, 1.165) is 12.1 Å². The van der Waals surface area contributed by atoms with E-state index in [2.05, 4.69) is 25.8 Å². The van der Waals surface area contributed by atoms with Gasteiger partial charge in [0.1, 0.15) is 33.9 Å². The number of aliphatic hydroxyl groups excluding tert-OH is 1. The van der Waals surface area contributed by atoms with Gasteiger partial charge in [-0.05, 0) is 44.8 Å². The first kappa shape index (κ1) is 36.7. The second-order valence-electron chi connectivity index (χ2n) is 12.8. The van der Waals surface area contributed by atoms with Crippen molar-refractivity contribution in [3.63, 3.8) is 0 Å². The number of hydrogen-bond acceptors (Lipinski definition) is 10. The molecule has 3 heterocycles. The summed E-state index contributed by atoms with van der Waals surface area (Å²) in [4.78, 5) is 37.4. The summed E-state index contributed by atoms with van der Waals surface area (Å²) in [5, 5.41) is 24.3. The van der Waals surface area contributed by atoms with Gasteiger partial charge in [-0.3, -0.25) is 10.6 Å². The summed E-state index contributed by atoms with van der Waals surface area (Å²) in [6.07, 6.45) is 1.69. The maximum Gasteiger partial charge on any atom is 0.431 e. The van der Waals surface area contributed by atoms with Crippen molar-refractivity contribution in [2.75, 3.05) is 50.2 Å². The lowest BCUT2D eigenvalue weighted by Gasteiger charge is -2.19. The van der Waals surface area contributed by atoms with Gasteiger partial charge in [0.05, 0.1) is 42.4 Å². The van der Waals surface area contributed by atoms with Crippen LogP contribution in [0.25, 0.3) is 5.69 Å². The van der Waals surface area contributed by atoms with Crippen LogP contribution in [0.15, 0.2) is 54.7 Å². The molecule has 1 atom stereocenters. The topological polar surface area (TPSA) is 155 Å². The number of hydrogen-bond donors (Lipinski definition) is 4. The van der Waals surface area contributed by atoms with Crippen molar-refractivity contribution < 1.29 is 29.0 Å². The lowest BCUT2D eigenvalue weighted by Crippen LogP contribution is -2.33. The molecule has 1 aliphatic rings. The van der Waals surface area contributed by atoms with Crippen LogP contribution in [0.4, 0.5) is 26.9 Å². The Hall–Kier alpha value is -4.60. The number of aliphatic hydroxyl groups is 1. The van der Waals surface area contributed by atoms with E-state index in [-0.39, 0.29) is 39.3 Å². The quantitative estimate of drug-likeness (QED) is 0.136. The number of nitrogens with zero attached hydrogens (tertiary/aromatic N) is 5. The third-order valence-electron chi connectivity index (χ3n) is 7.96. The number of benzene rings is 2. The van der Waals surface area contributed by atoms with Crippen molar-refractivity contribution in [2.24, 2.45) is 0 Å². The highest BCUT2D eigenvalue weighted by Gasteiger charge is 2.27. The molecule has 0 spiro atoms. The summed E-state index contributed by atoms with van der Waals surface area (Å²) >= 11 is 13.1. The fourth-order valence-corrected chi connectivity index (χ4v) is 5.54. The van der Waals surface area contributed by atoms with Crippen LogP contribution in [0.5, 0.6) is 17.2 Å². The van der Waals surface area contributed by atoms with Gasteiger partial charge >= 0.3 is 12.1 Å². The van der Waals surface area contributed by atoms with E-state index < -0.39 is 12.1 Å². The molecule has 0 radical (unpaired) electrons. The van der Waals surface area contributed by atoms with Crippen molar-refractivity contribution >= 4 is 52.6 Å². The van der Waals surface area contributed by atoms with Crippen molar-refractivity contribution in [1.29, 1.82) is 0 Å². The second-order valence-corrected chi connectivity index (χ2v) is 13.6. The van der Waals surface area contributed by atoms with E-state index >= 15 is 0 Å². The minimum Gasteiger partial charge on any atom is -0.496 e. The number of hydroxylamine groups is 2. The molecule has 0 bridgehead atoms. The number of urea groups is 1. The predicted molar refractivity (Wildman–Crippen MR) is 192 cm³/mol. The van der Waals surface area contributed by atoms with Crippen LogP contribution in [0.3, 0.4) is 0 Å². The highest BCUT2D eigenvalue weighted by atomic mass is 35.5. The van der Waals surface area contributed by atoms with Gasteiger partial charge in [0.25, 0.3) is 0 Å². The molecule has 50 heavy (non-hydrogen) atoms. The van der Waals surface area contributed by atoms with Crippen molar-refractivity contribution in [2.45, 2.75) is 45.3 Å². The Labute approximate surface area is 300 Å². The molecule has 0 aliphatic carbocycles. The Balaban J connectivity index is 1.26. The molecular weight excluding hydrogens is 687 g/mol. The smallest absolute Gasteiger partial charge is 0.431 e. The Kier molecular flexibility index (Phi) is 11.4. The number of likely N-dealkylation sites (N-methyl/N-ethyl adjacent to an activating group) is 1. The molecule has 2 aromatic carbocycles. The standard InChI is InChI=1S/C34H40Cl2N8O6/c1-34(2,3)27-17-29(44(41-27)21-8-7-20(19-45)26(15-21)48-6)40-32(46)38-24-9-10-25(31(36)30(24)35)49-23-11-13-37-28(16-23)39-33(47)50-43-14-12-22(18-43)42(4)5/h7-11,13,15-17,22,45H,12,14,18-19H2,1-6H3,(H,37,39,47)(H2,38,40,46)/t22-/m0/s1. The number of anilines is 3. The molecule has 0 unspecified atom stereocenters. The highest BCUT2D eigenvalue weighted by Crippen LogP contribution is 2.40. The number of ether oxygens (including phenoxy) is 2. The number of rotatable bonds is 10. The molecule has 4 aromatic rings. The first-order valence-corrected chi connectivity index (χ1v) is 16.5. The first-order chi connectivity index (χ1) is 23.7. The molecule has 4 N–H and O–H groups in total. The number of carbonyl (C=O) groups is 2. The average Bonchev–Trinajstić information content (AvgIpc) is 3.72. The summed E-state index contributed by atoms with van der Waals surface area (Å²) in [7, 11) is 5.50. The lowest BCUT2D eigenvalue weighted by atomic mass is 9.92. The van der Waals surface area contributed by atoms with Crippen molar-refractivity contribution in [3.05, 3.63) is 76.0 Å². The first-order valence-electron chi connectivity index (χ1n) is 15.7. The third-order valence-corrected chi connectivity index (χ3v) is 8.82. The zero-order valence-electron chi connectivity index (χ0n) is 28.6. The lowest BCUT2D eigenvalue weighted by molar-refractivity contribution is -0.0775. The SMILES string of the molecule is COc1cc(-n2nc(C(C)(C)C)cc2NC(=O)Nc2ccc(Oc3ccnc(NC(=O)ON4CC[C@H](N(C)C)C4)c3)c(Cl)c2Cl)ccc1CO. The maximum atomic E-state index is 13.3. The number of nitrogens with one attached hydrogen (secondary N) is 3. The zero-order chi connectivity index (χ0) is 36.2. The van der Waals surface area contributed by atoms with E-state index in [1.807, 2.05) is 34.9 Å². The molecule has 1 aliphatic heterocycles. The van der Waals surface area contributed by atoms with Gasteiger partial charge < -0.3 is 29.6 Å². The second kappa shape index (κ2) is 15.5. The van der Waals surface area contributed by atoms with E-state index in [4.69, 9.17) is 42.6 Å². The minimum atomic E-state index is -0.666. The fourth-order valence-electron chi connectivity index (χ4n) is 5.14. The van der Waals surface area contributed by atoms with Crippen LogP contribution in [-0.2, 0) is 16.9 Å². The molecule has 1 saturated heterocycles. The van der Waals surface area contributed by atoms with Crippen LogP contribution >= 0.6 is 23.2 Å². The van der Waals surface area contributed by atoms with Gasteiger partial charge in [-0.25, -0.2) is 19.3 Å². The van der Waals surface area contributed by atoms with E-state index in [1.165, 1.54) is 19.4 Å². The van der Waals surface area contributed by atoms with E-state index in [1.54, 1.807) is 52.2 Å². The normalized spacial score (nSPS) is 14.8. The Bertz CT molecular complexity index is 1860. The summed E-state index contributed by atoms with van der Waals surface area (Å²) in [6, 6.07) is 12.9. The monoisotopic (exact) mass is 726 g/mol. The number of amides is 3. The largest absolute Gasteiger partial charge is 0.496 e. The van der Waals surface area contributed by atoms with Gasteiger partial charge in [0.2, 0.25) is 0 Å². The number of pyridine rings is 1. The summed E-state index contributed by atoms with van der Waals surface area (Å²) < 4.78 is 13.0. The molecule has 3 amide bonds. The molecule has 2 aromatic heterocycles. The van der Waals surface area contributed by atoms with Gasteiger partial charge in [0, 0.05) is 48.0 Å². The Morgan fingerprint density at radius 3 is 2.48 bits per heavy atom. The maximum absolute atomic E-state index is 13.3. The van der Waals surface area contributed by atoms with E-state index in [9.17, 15) is 14.7 Å². The van der Waals surface area contributed by atoms with Crippen LogP contribution in [0.2, 0.25) is 10.0 Å². The molecule has 1 fully saturated rings. The van der Waals surface area contributed by atoms with Crippen molar-refractivity contribution in [1.82, 2.24) is 24.7 Å². The number of methoxy groups -OCH3 is 1. The predicted octanol–water partition coefficient (Wildman–Crippen LogP) is 6.91. The molecule has 5 rings (SSSR count). The fraction of sp³-hybridized carbons (Fsp3) is 0.353. The molecule has 14 nitrogen and oxygen atoms in total. The summed E-state index contributed by atoms with van der Waals surface area (Å²) in [6.45, 7) is 7.09. The molecule has 16 heteroatoms. The van der Waals surface area contributed by atoms with Gasteiger partial charge in [0.15, 0.2) is 0 Å². The highest BCUT2D eigenvalue weighted by molar-refractivity contribution is 6.45. The Morgan fingerprint density at radius 2 is 1.80 bits per heavy atom. The van der Waals surface area contributed by atoms with Gasteiger partial charge in [-0.15, -0.1) is 5.06 Å². The molecule has 266 valence electrons. The Morgan fingerprint density at radius 1 is 1.02 bits per heavy atom. The molecular formula is C34H40Cl2N8O6. The van der Waals surface area contributed by atoms with Crippen LogP contribution in [-0.4, -0.2) is 82.3 Å². The number of aromatic nitrogens is 3. The van der Waals surface area contributed by atoms with Crippen molar-refractivity contribution in [3.8, 4) is 22.9 Å². The zero-order valence-corrected chi connectivity index (χ0v) is 30.1. The minimum absolute atomic E-state index is 0.0464. The van der Waals surface area contributed by atoms with Crippen LogP contribution in [0.1, 0.15) is 38.4 Å². The third kappa shape index (κ3) is 8.76.